The smallest absolute Gasteiger partial charge is 0.264 e. The van der Waals surface area contributed by atoms with Crippen LogP contribution in [0.25, 0.3) is 50.2 Å². The number of amides is 3. The summed E-state index contributed by atoms with van der Waals surface area (Å²) in [6.07, 6.45) is 13.6. The maximum absolute atomic E-state index is 12.6. The zero-order valence-electron chi connectivity index (χ0n) is 41.7. The number of allylic oxidation sites excluding steroid dienone is 3. The lowest BCUT2D eigenvalue weighted by Gasteiger charge is -2.11. The van der Waals surface area contributed by atoms with Crippen molar-refractivity contribution in [1.82, 2.24) is 38.8 Å². The summed E-state index contributed by atoms with van der Waals surface area (Å²) in [7, 11) is -4.00. The van der Waals surface area contributed by atoms with E-state index in [1.807, 2.05) is 125 Å². The molecule has 4 N–H and O–H groups in total. The molecule has 9 aromatic rings. The third-order valence-corrected chi connectivity index (χ3v) is 14.4. The molecule has 6 aromatic carbocycles. The summed E-state index contributed by atoms with van der Waals surface area (Å²) in [5.74, 6) is 0.883. The summed E-state index contributed by atoms with van der Waals surface area (Å²) in [4.78, 5) is 64.4. The van der Waals surface area contributed by atoms with Gasteiger partial charge in [0.05, 0.1) is 54.4 Å². The van der Waals surface area contributed by atoms with Crippen LogP contribution in [0, 0.1) is 0 Å². The fourth-order valence-electron chi connectivity index (χ4n) is 8.60. The Kier molecular flexibility index (Phi) is 16.3. The largest absolute Gasteiger partial charge is 0.323 e. The minimum Gasteiger partial charge on any atom is -0.323 e. The fraction of sp³-hybridized carbons (Fsp3) is 0.105. The highest BCUT2D eigenvalue weighted by molar-refractivity contribution is 7.90. The molecule has 0 saturated heterocycles. The summed E-state index contributed by atoms with van der Waals surface area (Å²) < 4.78 is 32.4. The Hall–Kier alpha value is -9.01. The maximum atomic E-state index is 12.6. The third-order valence-electron chi connectivity index (χ3n) is 12.2. The van der Waals surface area contributed by atoms with Crippen molar-refractivity contribution in [2.24, 2.45) is 15.0 Å². The summed E-state index contributed by atoms with van der Waals surface area (Å²) in [6, 6.07) is 42.7. The maximum Gasteiger partial charge on any atom is 0.264 e. The molecule has 396 valence electrons. The fourth-order valence-corrected chi connectivity index (χ4v) is 10.0. The molecule has 79 heavy (non-hydrogen) atoms. The van der Waals surface area contributed by atoms with Gasteiger partial charge in [0, 0.05) is 48.0 Å². The first-order chi connectivity index (χ1) is 38.4. The first-order valence-corrected chi connectivity index (χ1v) is 27.2. The standard InChI is InChI=1S/C19H16ClN5O.C19H15ClN4O3S.C19H15ClN4O/c20-13-7-9-14(10-8-13)23-24-18(26)12-25-17-6-2-1-4-15(17)22-19(25)16-5-3-11-21-16;20-13-7-9-14(10-8-13)28(26,27)23-18(25)12-24-17-6-2-1-4-15(17)22-19(24)16-5-3-11-21-16;20-13-6-1-2-7-14(13)22-18(25)12-24-17-10-4-3-8-15(17)23-19(24)16-9-5-11-21-16/h1-2,4-11,23H,3,12H2,(H,24,26);1-2,4-11H,3,12H2,(H,23,25);1-4,6-11H,5,12H2,(H,22,25). The second kappa shape index (κ2) is 24.1. The van der Waals surface area contributed by atoms with Gasteiger partial charge in [-0.1, -0.05) is 83.3 Å². The molecule has 18 nitrogen and oxygen atoms in total. The zero-order valence-corrected chi connectivity index (χ0v) is 44.8. The van der Waals surface area contributed by atoms with Crippen LogP contribution in [0.1, 0.15) is 36.7 Å². The second-order valence-electron chi connectivity index (χ2n) is 17.6. The van der Waals surface area contributed by atoms with Crippen LogP contribution in [0.2, 0.25) is 15.1 Å². The van der Waals surface area contributed by atoms with Crippen LogP contribution in [-0.2, 0) is 44.0 Å². The number of aromatic nitrogens is 6. The molecule has 3 aliphatic rings. The predicted octanol–water partition coefficient (Wildman–Crippen LogP) is 10.8. The monoisotopic (exact) mass is 1130 g/mol. The quantitative estimate of drug-likeness (QED) is 0.0759. The first-order valence-electron chi connectivity index (χ1n) is 24.6. The van der Waals surface area contributed by atoms with E-state index >= 15 is 0 Å². The number of nitrogens with zero attached hydrogens (tertiary/aromatic N) is 9. The molecule has 0 spiro atoms. The molecule has 3 amide bonds. The molecule has 6 heterocycles. The lowest BCUT2D eigenvalue weighted by molar-refractivity contribution is -0.121. The minimum atomic E-state index is -4.00. The average molecular weight is 1130 g/mol. The molecule has 0 saturated carbocycles. The van der Waals surface area contributed by atoms with Gasteiger partial charge < -0.3 is 19.0 Å². The number of rotatable bonds is 14. The van der Waals surface area contributed by atoms with Crippen molar-refractivity contribution in [1.29, 1.82) is 0 Å². The van der Waals surface area contributed by atoms with Crippen molar-refractivity contribution in [2.75, 3.05) is 10.7 Å². The van der Waals surface area contributed by atoms with Gasteiger partial charge in [0.1, 0.15) is 36.7 Å². The number of carbonyl (C=O) groups is 3. The van der Waals surface area contributed by atoms with E-state index < -0.39 is 15.9 Å². The molecule has 0 unspecified atom stereocenters. The Morgan fingerprint density at radius 2 is 0.886 bits per heavy atom. The van der Waals surface area contributed by atoms with Gasteiger partial charge in [0.25, 0.3) is 21.8 Å². The lowest BCUT2D eigenvalue weighted by atomic mass is 10.3. The SMILES string of the molecule is O=C(Cn1c(C2=CCC=N2)nc2ccccc21)NNc1ccc(Cl)cc1.O=C(Cn1c(C2=CCC=N2)nc2ccccc21)NS(=O)(=O)c1ccc(Cl)cc1.O=C(Cn1c(C2=CCC=N2)nc2ccccc21)Nc1ccccc1Cl. The number of hydrogen-bond acceptors (Lipinski definition) is 12. The molecule has 22 heteroatoms. The van der Waals surface area contributed by atoms with Crippen LogP contribution >= 0.6 is 34.8 Å². The molecule has 0 radical (unpaired) electrons. The molecule has 3 aliphatic heterocycles. The number of carbonyl (C=O) groups excluding carboxylic acids is 3. The molecule has 0 atom stereocenters. The van der Waals surface area contributed by atoms with Crippen molar-refractivity contribution < 1.29 is 22.8 Å². The van der Waals surface area contributed by atoms with Crippen LogP contribution in [0.5, 0.6) is 0 Å². The Morgan fingerprint density at radius 1 is 0.481 bits per heavy atom. The van der Waals surface area contributed by atoms with Crippen LogP contribution < -0.4 is 20.9 Å². The first kappa shape index (κ1) is 53.4. The molecule has 0 fully saturated rings. The lowest BCUT2D eigenvalue weighted by Crippen LogP contribution is -2.33. The highest BCUT2D eigenvalue weighted by Gasteiger charge is 2.23. The van der Waals surface area contributed by atoms with Crippen molar-refractivity contribution >= 4 is 143 Å². The van der Waals surface area contributed by atoms with Crippen molar-refractivity contribution in [3.05, 3.63) is 196 Å². The average Bonchev–Trinajstić information content (AvgIpc) is 4.51. The Morgan fingerprint density at radius 3 is 1.33 bits per heavy atom. The van der Waals surface area contributed by atoms with E-state index in [1.165, 1.54) is 24.3 Å². The van der Waals surface area contributed by atoms with E-state index in [1.54, 1.807) is 47.2 Å². The van der Waals surface area contributed by atoms with Crippen LogP contribution in [0.4, 0.5) is 11.4 Å². The zero-order chi connectivity index (χ0) is 54.9. The molecule has 0 bridgehead atoms. The number of para-hydroxylation sites is 7. The van der Waals surface area contributed by atoms with Gasteiger partial charge in [0.2, 0.25) is 5.91 Å². The summed E-state index contributed by atoms with van der Waals surface area (Å²) in [5.41, 5.74) is 14.1. The summed E-state index contributed by atoms with van der Waals surface area (Å²) >= 11 is 17.8. The Bertz CT molecular complexity index is 4110. The van der Waals surface area contributed by atoms with Gasteiger partial charge >= 0.3 is 0 Å². The number of halogens is 3. The normalized spacial score (nSPS) is 13.3. The molecular formula is C57H46Cl3N13O5S. The number of anilines is 2. The molecule has 12 rings (SSSR count). The Balaban J connectivity index is 0.000000134. The molecule has 0 aliphatic carbocycles. The topological polar surface area (TPSA) is 224 Å². The molecular weight excluding hydrogens is 1090 g/mol. The van der Waals surface area contributed by atoms with Crippen molar-refractivity contribution in [3.8, 4) is 0 Å². The minimum absolute atomic E-state index is 0.0379. The van der Waals surface area contributed by atoms with E-state index in [4.69, 9.17) is 34.8 Å². The van der Waals surface area contributed by atoms with Gasteiger partial charge in [-0.05, 0) is 115 Å². The van der Waals surface area contributed by atoms with E-state index in [0.29, 0.717) is 55.9 Å². The number of hydrogen-bond donors (Lipinski definition) is 4. The highest BCUT2D eigenvalue weighted by atomic mass is 35.5. The number of hydrazine groups is 1. The van der Waals surface area contributed by atoms with Gasteiger partial charge in [-0.3, -0.25) is 40.2 Å². The third kappa shape index (κ3) is 12.7. The van der Waals surface area contributed by atoms with Crippen molar-refractivity contribution in [3.63, 3.8) is 0 Å². The number of fused-ring (bicyclic) bond motifs is 3. The van der Waals surface area contributed by atoms with Crippen LogP contribution in [0.3, 0.4) is 0 Å². The second-order valence-corrected chi connectivity index (χ2v) is 20.6. The summed E-state index contributed by atoms with van der Waals surface area (Å²) in [6.45, 7) is 0.0484. The number of imidazole rings is 3. The van der Waals surface area contributed by atoms with E-state index in [9.17, 15) is 22.8 Å². The van der Waals surface area contributed by atoms with Gasteiger partial charge in [0.15, 0.2) is 17.5 Å². The van der Waals surface area contributed by atoms with Gasteiger partial charge in [-0.25, -0.2) is 28.1 Å². The highest BCUT2D eigenvalue weighted by Crippen LogP contribution is 2.29. The molecule has 3 aromatic heterocycles. The van der Waals surface area contributed by atoms with Gasteiger partial charge in [-0.2, -0.15) is 0 Å². The number of aliphatic imine (C=N–C) groups is 3. The van der Waals surface area contributed by atoms with E-state index in [-0.39, 0.29) is 36.3 Å². The number of benzene rings is 6. The Labute approximate surface area is 467 Å². The number of sulfonamides is 1. The van der Waals surface area contributed by atoms with E-state index in [2.05, 4.69) is 50.8 Å². The van der Waals surface area contributed by atoms with Crippen LogP contribution in [0.15, 0.2) is 184 Å². The number of nitrogens with one attached hydrogen (secondary N) is 4. The summed E-state index contributed by atoms with van der Waals surface area (Å²) in [5, 5.41) is 4.41. The van der Waals surface area contributed by atoms with Crippen molar-refractivity contribution in [2.45, 2.75) is 43.8 Å². The van der Waals surface area contributed by atoms with Crippen LogP contribution in [-0.4, -0.2) is 73.4 Å². The van der Waals surface area contributed by atoms with E-state index in [0.717, 1.165) is 57.5 Å². The predicted molar refractivity (Wildman–Crippen MR) is 313 cm³/mol. The van der Waals surface area contributed by atoms with Gasteiger partial charge in [-0.15, -0.1) is 0 Å².